The van der Waals surface area contributed by atoms with Crippen LogP contribution in [0.25, 0.3) is 0 Å². The van der Waals surface area contributed by atoms with Crippen LogP contribution in [0.15, 0.2) is 0 Å². The third-order valence-corrected chi connectivity index (χ3v) is 3.63. The van der Waals surface area contributed by atoms with E-state index >= 15 is 0 Å². The van der Waals surface area contributed by atoms with Crippen molar-refractivity contribution in [3.05, 3.63) is 0 Å². The number of ether oxygens (including phenoxy) is 1. The molecule has 1 aliphatic rings. The number of hydrogen-bond acceptors (Lipinski definition) is 3. The summed E-state index contributed by atoms with van der Waals surface area (Å²) in [5.41, 5.74) is 0. The molecule has 0 aromatic carbocycles. The van der Waals surface area contributed by atoms with Crippen LogP contribution in [-0.2, 0) is 4.74 Å². The monoisotopic (exact) mass is 203 g/mol. The molecular weight excluding hydrogens is 182 g/mol. The van der Waals surface area contributed by atoms with Gasteiger partial charge in [-0.3, -0.25) is 0 Å². The molecule has 1 heterocycles. The summed E-state index contributed by atoms with van der Waals surface area (Å²) < 4.78 is 5.08. The van der Waals surface area contributed by atoms with Crippen LogP contribution in [0.1, 0.15) is 13.3 Å². The fraction of sp³-hybridized carbons (Fsp3) is 1.00. The zero-order valence-electron chi connectivity index (χ0n) is 8.71. The van der Waals surface area contributed by atoms with Gasteiger partial charge in [0.2, 0.25) is 0 Å². The summed E-state index contributed by atoms with van der Waals surface area (Å²) in [7, 11) is 1.77. The summed E-state index contributed by atoms with van der Waals surface area (Å²) in [6.07, 6.45) is 1.40. The topological polar surface area (TPSA) is 21.3 Å². The lowest BCUT2D eigenvalue weighted by Gasteiger charge is -2.13. The molecule has 2 unspecified atom stereocenters. The van der Waals surface area contributed by atoms with E-state index in [2.05, 4.69) is 24.0 Å². The number of nitrogens with one attached hydrogen (secondary N) is 1. The Balaban J connectivity index is 1.93. The van der Waals surface area contributed by atoms with Gasteiger partial charge >= 0.3 is 0 Å². The SMILES string of the molecule is COCC(C)CNCC1CCSC1. The first-order chi connectivity index (χ1) is 6.33. The van der Waals surface area contributed by atoms with Crippen molar-refractivity contribution in [3.63, 3.8) is 0 Å². The van der Waals surface area contributed by atoms with Gasteiger partial charge in [0.15, 0.2) is 0 Å². The lowest BCUT2D eigenvalue weighted by atomic mass is 10.1. The van der Waals surface area contributed by atoms with Crippen molar-refractivity contribution in [2.75, 3.05) is 38.3 Å². The second-order valence-corrected chi connectivity index (χ2v) is 5.10. The molecule has 2 nitrogen and oxygen atoms in total. The summed E-state index contributed by atoms with van der Waals surface area (Å²) in [6, 6.07) is 0. The van der Waals surface area contributed by atoms with Crippen molar-refractivity contribution >= 4 is 11.8 Å². The molecule has 78 valence electrons. The molecule has 2 atom stereocenters. The highest BCUT2D eigenvalue weighted by Gasteiger charge is 2.14. The second-order valence-electron chi connectivity index (χ2n) is 3.95. The summed E-state index contributed by atoms with van der Waals surface area (Å²) in [5, 5.41) is 3.52. The van der Waals surface area contributed by atoms with Gasteiger partial charge in [-0.15, -0.1) is 0 Å². The van der Waals surface area contributed by atoms with E-state index in [1.165, 1.54) is 24.5 Å². The Hall–Kier alpha value is 0.270. The van der Waals surface area contributed by atoms with E-state index in [4.69, 9.17) is 4.74 Å². The second kappa shape index (κ2) is 6.68. The predicted octanol–water partition coefficient (Wildman–Crippen LogP) is 1.61. The normalized spacial score (nSPS) is 24.9. The Morgan fingerprint density at radius 2 is 2.46 bits per heavy atom. The first kappa shape index (κ1) is 11.3. The van der Waals surface area contributed by atoms with E-state index in [0.717, 1.165) is 19.1 Å². The maximum absolute atomic E-state index is 5.08. The molecule has 0 amide bonds. The van der Waals surface area contributed by atoms with Crippen molar-refractivity contribution in [1.29, 1.82) is 0 Å². The lowest BCUT2D eigenvalue weighted by molar-refractivity contribution is 0.158. The van der Waals surface area contributed by atoms with Crippen LogP contribution in [0.4, 0.5) is 0 Å². The van der Waals surface area contributed by atoms with Gasteiger partial charge in [-0.05, 0) is 42.9 Å². The average Bonchev–Trinajstić information content (AvgIpc) is 2.57. The minimum atomic E-state index is 0.638. The number of hydrogen-bond donors (Lipinski definition) is 1. The molecule has 1 fully saturated rings. The molecule has 3 heteroatoms. The highest BCUT2D eigenvalue weighted by molar-refractivity contribution is 7.99. The third kappa shape index (κ3) is 4.89. The minimum Gasteiger partial charge on any atom is -0.384 e. The van der Waals surface area contributed by atoms with Crippen LogP contribution in [-0.4, -0.2) is 38.3 Å². The standard InChI is InChI=1S/C10H21NOS/c1-9(7-12-2)5-11-6-10-3-4-13-8-10/h9-11H,3-8H2,1-2H3. The van der Waals surface area contributed by atoms with E-state index in [-0.39, 0.29) is 0 Å². The third-order valence-electron chi connectivity index (χ3n) is 2.40. The number of methoxy groups -OCH3 is 1. The first-order valence-corrected chi connectivity index (χ1v) is 6.25. The van der Waals surface area contributed by atoms with E-state index in [1.807, 2.05) is 0 Å². The Morgan fingerprint density at radius 1 is 1.62 bits per heavy atom. The van der Waals surface area contributed by atoms with Crippen LogP contribution in [0.2, 0.25) is 0 Å². The lowest BCUT2D eigenvalue weighted by Crippen LogP contribution is -2.28. The van der Waals surface area contributed by atoms with Gasteiger partial charge in [0.1, 0.15) is 0 Å². The minimum absolute atomic E-state index is 0.638. The zero-order valence-corrected chi connectivity index (χ0v) is 9.53. The van der Waals surface area contributed by atoms with Gasteiger partial charge in [0.25, 0.3) is 0 Å². The molecule has 0 saturated carbocycles. The predicted molar refractivity (Wildman–Crippen MR) is 59.3 cm³/mol. The van der Waals surface area contributed by atoms with Crippen molar-refractivity contribution < 1.29 is 4.74 Å². The average molecular weight is 203 g/mol. The first-order valence-electron chi connectivity index (χ1n) is 5.10. The smallest absolute Gasteiger partial charge is 0.0499 e. The summed E-state index contributed by atoms with van der Waals surface area (Å²) in [6.45, 7) is 5.38. The van der Waals surface area contributed by atoms with E-state index in [9.17, 15) is 0 Å². The molecule has 0 spiro atoms. The van der Waals surface area contributed by atoms with Crippen molar-refractivity contribution in [2.45, 2.75) is 13.3 Å². The molecule has 0 radical (unpaired) electrons. The van der Waals surface area contributed by atoms with Crippen LogP contribution >= 0.6 is 11.8 Å². The summed E-state index contributed by atoms with van der Waals surface area (Å²) in [4.78, 5) is 0. The van der Waals surface area contributed by atoms with Gasteiger partial charge in [0, 0.05) is 13.7 Å². The van der Waals surface area contributed by atoms with Gasteiger partial charge in [-0.1, -0.05) is 6.92 Å². The molecule has 1 N–H and O–H groups in total. The molecule has 0 aliphatic carbocycles. The quantitative estimate of drug-likeness (QED) is 0.709. The summed E-state index contributed by atoms with van der Waals surface area (Å²) >= 11 is 2.09. The fourth-order valence-corrected chi connectivity index (χ4v) is 2.91. The Labute approximate surface area is 85.8 Å². The van der Waals surface area contributed by atoms with Crippen LogP contribution in [0.3, 0.4) is 0 Å². The van der Waals surface area contributed by atoms with Gasteiger partial charge in [0.05, 0.1) is 0 Å². The van der Waals surface area contributed by atoms with Crippen molar-refractivity contribution in [2.24, 2.45) is 11.8 Å². The van der Waals surface area contributed by atoms with Crippen LogP contribution < -0.4 is 5.32 Å². The highest BCUT2D eigenvalue weighted by Crippen LogP contribution is 2.22. The highest BCUT2D eigenvalue weighted by atomic mass is 32.2. The number of rotatable bonds is 6. The molecule has 0 bridgehead atoms. The zero-order chi connectivity index (χ0) is 9.52. The molecule has 0 aromatic heterocycles. The van der Waals surface area contributed by atoms with Gasteiger partial charge in [-0.2, -0.15) is 11.8 Å². The molecular formula is C10H21NOS. The van der Waals surface area contributed by atoms with Crippen LogP contribution in [0.5, 0.6) is 0 Å². The van der Waals surface area contributed by atoms with Gasteiger partial charge in [-0.25, -0.2) is 0 Å². The van der Waals surface area contributed by atoms with E-state index in [1.54, 1.807) is 7.11 Å². The van der Waals surface area contributed by atoms with Gasteiger partial charge < -0.3 is 10.1 Å². The molecule has 1 rings (SSSR count). The van der Waals surface area contributed by atoms with Crippen molar-refractivity contribution in [1.82, 2.24) is 5.32 Å². The largest absolute Gasteiger partial charge is 0.384 e. The Morgan fingerprint density at radius 3 is 3.08 bits per heavy atom. The Kier molecular flexibility index (Phi) is 5.83. The Bertz CT molecular complexity index is 126. The van der Waals surface area contributed by atoms with E-state index < -0.39 is 0 Å². The van der Waals surface area contributed by atoms with E-state index in [0.29, 0.717) is 5.92 Å². The maximum atomic E-state index is 5.08. The summed E-state index contributed by atoms with van der Waals surface area (Å²) in [5.74, 6) is 4.27. The molecule has 1 aliphatic heterocycles. The molecule has 0 aromatic rings. The van der Waals surface area contributed by atoms with Crippen LogP contribution in [0, 0.1) is 11.8 Å². The molecule has 1 saturated heterocycles. The molecule has 13 heavy (non-hydrogen) atoms. The maximum Gasteiger partial charge on any atom is 0.0499 e. The fourth-order valence-electron chi connectivity index (χ4n) is 1.62. The number of thioether (sulfide) groups is 1. The van der Waals surface area contributed by atoms with Crippen molar-refractivity contribution in [3.8, 4) is 0 Å².